The molecular formula is C18H25F2N. The van der Waals surface area contributed by atoms with Crippen molar-refractivity contribution in [3.05, 3.63) is 35.4 Å². The molecular weight excluding hydrogens is 268 g/mol. The largest absolute Gasteiger partial charge is 0.313 e. The minimum absolute atomic E-state index is 0.352. The fraction of sp³-hybridized carbons (Fsp3) is 0.667. The highest BCUT2D eigenvalue weighted by molar-refractivity contribution is 5.18. The monoisotopic (exact) mass is 293 g/mol. The Kier molecular flexibility index (Phi) is 3.59. The van der Waals surface area contributed by atoms with Crippen LogP contribution in [0.3, 0.4) is 0 Å². The van der Waals surface area contributed by atoms with E-state index < -0.39 is 11.6 Å². The normalized spacial score (nSPS) is 33.6. The molecule has 1 aromatic carbocycles. The maximum Gasteiger partial charge on any atom is 0.126 e. The van der Waals surface area contributed by atoms with E-state index >= 15 is 0 Å². The molecule has 0 amide bonds. The standard InChI is InChI=1S/C18H25F2N/c1-17(2)13-4-6-18(17,3)16(10-13)21-7-5-12-8-14(19)11-15(20)9-12/h8-9,11,13,16,21H,4-7,10H2,1-3H3. The van der Waals surface area contributed by atoms with Crippen LogP contribution in [0, 0.1) is 28.4 Å². The van der Waals surface area contributed by atoms with Crippen molar-refractivity contribution in [3.63, 3.8) is 0 Å². The van der Waals surface area contributed by atoms with Crippen LogP contribution in [0.1, 0.15) is 45.6 Å². The van der Waals surface area contributed by atoms with E-state index in [1.807, 2.05) is 0 Å². The highest BCUT2D eigenvalue weighted by atomic mass is 19.1. The van der Waals surface area contributed by atoms with Gasteiger partial charge in [-0.15, -0.1) is 0 Å². The average molecular weight is 293 g/mol. The number of halogens is 2. The van der Waals surface area contributed by atoms with Crippen molar-refractivity contribution in [2.45, 2.75) is 52.5 Å². The van der Waals surface area contributed by atoms with Crippen molar-refractivity contribution in [3.8, 4) is 0 Å². The Bertz CT molecular complexity index is 520. The summed E-state index contributed by atoms with van der Waals surface area (Å²) in [4.78, 5) is 0. The van der Waals surface area contributed by atoms with E-state index in [0.29, 0.717) is 23.3 Å². The summed E-state index contributed by atoms with van der Waals surface area (Å²) >= 11 is 0. The molecule has 3 heteroatoms. The Morgan fingerprint density at radius 1 is 1.14 bits per heavy atom. The van der Waals surface area contributed by atoms with Crippen LogP contribution in [-0.2, 0) is 6.42 Å². The number of hydrogen-bond acceptors (Lipinski definition) is 1. The molecule has 1 aromatic rings. The SMILES string of the molecule is CC1(C)C2CCC1(C)C(NCCc1cc(F)cc(F)c1)C2. The summed E-state index contributed by atoms with van der Waals surface area (Å²) in [7, 11) is 0. The van der Waals surface area contributed by atoms with E-state index in [1.54, 1.807) is 0 Å². The number of fused-ring (bicyclic) bond motifs is 2. The Morgan fingerprint density at radius 2 is 1.81 bits per heavy atom. The molecule has 0 spiro atoms. The molecule has 3 atom stereocenters. The first-order valence-electron chi connectivity index (χ1n) is 8.01. The van der Waals surface area contributed by atoms with Gasteiger partial charge in [0, 0.05) is 12.1 Å². The Morgan fingerprint density at radius 3 is 2.33 bits per heavy atom. The highest BCUT2D eigenvalue weighted by Gasteiger charge is 2.60. The molecule has 116 valence electrons. The maximum absolute atomic E-state index is 13.2. The Labute approximate surface area is 126 Å². The van der Waals surface area contributed by atoms with Crippen molar-refractivity contribution in [2.24, 2.45) is 16.7 Å². The number of benzene rings is 1. The van der Waals surface area contributed by atoms with Gasteiger partial charge in [0.2, 0.25) is 0 Å². The second-order valence-electron chi connectivity index (χ2n) is 7.64. The lowest BCUT2D eigenvalue weighted by molar-refractivity contribution is 0.121. The molecule has 0 radical (unpaired) electrons. The number of rotatable bonds is 4. The van der Waals surface area contributed by atoms with E-state index in [9.17, 15) is 8.78 Å². The fourth-order valence-electron chi connectivity index (χ4n) is 4.66. The molecule has 0 heterocycles. The second-order valence-corrected chi connectivity index (χ2v) is 7.64. The van der Waals surface area contributed by atoms with Gasteiger partial charge in [-0.25, -0.2) is 8.78 Å². The summed E-state index contributed by atoms with van der Waals surface area (Å²) in [5, 5.41) is 3.65. The quantitative estimate of drug-likeness (QED) is 0.872. The zero-order valence-corrected chi connectivity index (χ0v) is 13.2. The van der Waals surface area contributed by atoms with Crippen LogP contribution in [0.25, 0.3) is 0 Å². The third kappa shape index (κ3) is 2.40. The van der Waals surface area contributed by atoms with Crippen LogP contribution in [0.5, 0.6) is 0 Å². The summed E-state index contributed by atoms with van der Waals surface area (Å²) in [6.07, 6.45) is 4.54. The summed E-state index contributed by atoms with van der Waals surface area (Å²) in [6, 6.07) is 4.31. The molecule has 0 aromatic heterocycles. The lowest BCUT2D eigenvalue weighted by atomic mass is 9.69. The summed E-state index contributed by atoms with van der Waals surface area (Å²) in [6.45, 7) is 7.98. The molecule has 2 aliphatic rings. The third-order valence-electron chi connectivity index (χ3n) is 6.52. The minimum Gasteiger partial charge on any atom is -0.313 e. The van der Waals surface area contributed by atoms with E-state index in [2.05, 4.69) is 26.1 Å². The van der Waals surface area contributed by atoms with Crippen molar-refractivity contribution >= 4 is 0 Å². The van der Waals surface area contributed by atoms with E-state index in [0.717, 1.165) is 24.1 Å². The first kappa shape index (κ1) is 15.0. The molecule has 2 aliphatic carbocycles. The average Bonchev–Trinajstić information content (AvgIpc) is 2.70. The van der Waals surface area contributed by atoms with Gasteiger partial charge in [-0.1, -0.05) is 20.8 Å². The predicted octanol–water partition coefficient (Wildman–Crippen LogP) is 4.31. The van der Waals surface area contributed by atoms with Gasteiger partial charge in [0.15, 0.2) is 0 Å². The zero-order chi connectivity index (χ0) is 15.3. The van der Waals surface area contributed by atoms with Crippen LogP contribution in [-0.4, -0.2) is 12.6 Å². The van der Waals surface area contributed by atoms with Crippen molar-refractivity contribution in [1.29, 1.82) is 0 Å². The lowest BCUT2D eigenvalue weighted by Crippen LogP contribution is -2.45. The first-order chi connectivity index (χ1) is 9.83. The van der Waals surface area contributed by atoms with Crippen LogP contribution in [0.15, 0.2) is 18.2 Å². The maximum atomic E-state index is 13.2. The first-order valence-corrected chi connectivity index (χ1v) is 8.01. The zero-order valence-electron chi connectivity index (χ0n) is 13.2. The molecule has 2 fully saturated rings. The van der Waals surface area contributed by atoms with Crippen molar-refractivity contribution < 1.29 is 8.78 Å². The smallest absolute Gasteiger partial charge is 0.126 e. The minimum atomic E-state index is -0.488. The van der Waals surface area contributed by atoms with Gasteiger partial charge in [0.1, 0.15) is 11.6 Å². The summed E-state index contributed by atoms with van der Waals surface area (Å²) < 4.78 is 26.4. The predicted molar refractivity (Wildman–Crippen MR) is 81.1 cm³/mol. The molecule has 0 aliphatic heterocycles. The van der Waals surface area contributed by atoms with Crippen LogP contribution in [0.4, 0.5) is 8.78 Å². The summed E-state index contributed by atoms with van der Waals surface area (Å²) in [5.41, 5.74) is 1.48. The molecule has 21 heavy (non-hydrogen) atoms. The molecule has 3 rings (SSSR count). The van der Waals surface area contributed by atoms with Gasteiger partial charge in [-0.05, 0) is 66.7 Å². The van der Waals surface area contributed by atoms with Gasteiger partial charge in [-0.2, -0.15) is 0 Å². The van der Waals surface area contributed by atoms with Gasteiger partial charge >= 0.3 is 0 Å². The number of hydrogen-bond donors (Lipinski definition) is 1. The topological polar surface area (TPSA) is 12.0 Å². The van der Waals surface area contributed by atoms with E-state index in [4.69, 9.17) is 0 Å². The Balaban J connectivity index is 1.60. The van der Waals surface area contributed by atoms with Gasteiger partial charge < -0.3 is 5.32 Å². The summed E-state index contributed by atoms with van der Waals surface area (Å²) in [5.74, 6) is -0.164. The Hall–Kier alpha value is -0.960. The molecule has 0 saturated heterocycles. The van der Waals surface area contributed by atoms with Gasteiger partial charge in [-0.3, -0.25) is 0 Å². The molecule has 3 unspecified atom stereocenters. The van der Waals surface area contributed by atoms with Crippen LogP contribution < -0.4 is 5.32 Å². The molecule has 1 nitrogen and oxygen atoms in total. The number of nitrogens with one attached hydrogen (secondary N) is 1. The van der Waals surface area contributed by atoms with Crippen LogP contribution >= 0.6 is 0 Å². The third-order valence-corrected chi connectivity index (χ3v) is 6.52. The van der Waals surface area contributed by atoms with E-state index in [-0.39, 0.29) is 0 Å². The van der Waals surface area contributed by atoms with Crippen molar-refractivity contribution in [2.75, 3.05) is 6.54 Å². The van der Waals surface area contributed by atoms with Gasteiger partial charge in [0.25, 0.3) is 0 Å². The lowest BCUT2D eigenvalue weighted by Gasteiger charge is -2.39. The molecule has 2 saturated carbocycles. The fourth-order valence-corrected chi connectivity index (χ4v) is 4.66. The van der Waals surface area contributed by atoms with Crippen molar-refractivity contribution in [1.82, 2.24) is 5.32 Å². The highest BCUT2D eigenvalue weighted by Crippen LogP contribution is 2.65. The molecule has 2 bridgehead atoms. The molecule has 1 N–H and O–H groups in total. The van der Waals surface area contributed by atoms with Gasteiger partial charge in [0.05, 0.1) is 0 Å². The second kappa shape index (κ2) is 5.05. The van der Waals surface area contributed by atoms with Crippen LogP contribution in [0.2, 0.25) is 0 Å². The van der Waals surface area contributed by atoms with E-state index in [1.165, 1.54) is 31.4 Å².